The Hall–Kier alpha value is -2.65. The molecule has 1 saturated carbocycles. The van der Waals surface area contributed by atoms with E-state index in [0.29, 0.717) is 33.6 Å². The van der Waals surface area contributed by atoms with Gasteiger partial charge in [-0.05, 0) is 31.0 Å². The fourth-order valence-corrected chi connectivity index (χ4v) is 3.28. The van der Waals surface area contributed by atoms with Crippen LogP contribution in [0.15, 0.2) is 18.2 Å². The number of nitrogens with zero attached hydrogens (tertiary/aromatic N) is 4. The Morgan fingerprint density at radius 2 is 2.00 bits per heavy atom. The van der Waals surface area contributed by atoms with E-state index in [1.54, 1.807) is 12.1 Å². The Kier molecular flexibility index (Phi) is 4.48. The zero-order valence-electron chi connectivity index (χ0n) is 14.0. The molecule has 1 aliphatic carbocycles. The molecule has 0 bridgehead atoms. The smallest absolute Gasteiger partial charge is 0.227 e. The van der Waals surface area contributed by atoms with Gasteiger partial charge >= 0.3 is 0 Å². The minimum Gasteiger partial charge on any atom is -0.397 e. The first-order valence-electron chi connectivity index (χ1n) is 8.53. The molecule has 9 nitrogen and oxygen atoms in total. The molecular weight excluding hydrogens is 354 g/mol. The first-order valence-corrected chi connectivity index (χ1v) is 8.90. The topological polar surface area (TPSA) is 143 Å². The molecule has 2 aromatic heterocycles. The third-order valence-corrected chi connectivity index (χ3v) is 4.92. The number of hydrogen-bond acceptors (Lipinski definition) is 8. The highest BCUT2D eigenvalue weighted by Gasteiger charge is 2.23. The van der Waals surface area contributed by atoms with Crippen molar-refractivity contribution in [2.75, 3.05) is 16.4 Å². The molecule has 26 heavy (non-hydrogen) atoms. The maximum atomic E-state index is 6.22. The predicted octanol–water partition coefficient (Wildman–Crippen LogP) is 2.41. The Bertz CT molecular complexity index is 925. The van der Waals surface area contributed by atoms with Gasteiger partial charge in [-0.1, -0.05) is 24.4 Å². The number of fused-ring (bicyclic) bond motifs is 1. The molecule has 10 heteroatoms. The number of anilines is 4. The quantitative estimate of drug-likeness (QED) is 0.438. The van der Waals surface area contributed by atoms with Gasteiger partial charge in [-0.15, -0.1) is 5.10 Å². The summed E-state index contributed by atoms with van der Waals surface area (Å²) in [7, 11) is 0. The largest absolute Gasteiger partial charge is 0.397 e. The van der Waals surface area contributed by atoms with Gasteiger partial charge in [0, 0.05) is 17.8 Å². The molecule has 1 aromatic carbocycles. The highest BCUT2D eigenvalue weighted by Crippen LogP contribution is 2.27. The SMILES string of the molecule is Nc1cc(Nc2nc(NC3CCCCC3N)nc3n[nH]nc23)ccc1Cl. The van der Waals surface area contributed by atoms with Crippen molar-refractivity contribution in [1.29, 1.82) is 0 Å². The third kappa shape index (κ3) is 3.35. The summed E-state index contributed by atoms with van der Waals surface area (Å²) >= 11 is 5.98. The van der Waals surface area contributed by atoms with Crippen molar-refractivity contribution in [2.45, 2.75) is 37.8 Å². The highest BCUT2D eigenvalue weighted by molar-refractivity contribution is 6.33. The van der Waals surface area contributed by atoms with Gasteiger partial charge in [0.15, 0.2) is 11.3 Å². The van der Waals surface area contributed by atoms with Crippen LogP contribution in [0.25, 0.3) is 11.2 Å². The normalized spacial score (nSPS) is 20.2. The van der Waals surface area contributed by atoms with Crippen LogP contribution in [-0.4, -0.2) is 37.5 Å². The molecule has 0 saturated heterocycles. The minimum absolute atomic E-state index is 0.0906. The van der Waals surface area contributed by atoms with Crippen molar-refractivity contribution in [3.8, 4) is 0 Å². The second-order valence-corrected chi connectivity index (χ2v) is 6.86. The Labute approximate surface area is 154 Å². The standard InChI is InChI=1S/C16H20ClN9/c17-9-6-5-8(7-11(9)19)20-14-13-15(25-26-24-13)23-16(22-14)21-12-4-2-1-3-10(12)18/h5-7,10,12H,1-4,18-19H2,(H3,20,21,22,23,24,25,26). The van der Waals surface area contributed by atoms with Gasteiger partial charge in [0.1, 0.15) is 0 Å². The van der Waals surface area contributed by atoms with Crippen molar-refractivity contribution in [3.63, 3.8) is 0 Å². The summed E-state index contributed by atoms with van der Waals surface area (Å²) in [6.45, 7) is 0. The molecule has 7 N–H and O–H groups in total. The maximum absolute atomic E-state index is 6.22. The van der Waals surface area contributed by atoms with Crippen molar-refractivity contribution in [3.05, 3.63) is 23.2 Å². The summed E-state index contributed by atoms with van der Waals surface area (Å²) in [5, 5.41) is 17.8. The van der Waals surface area contributed by atoms with Gasteiger partial charge in [0.05, 0.1) is 10.7 Å². The van der Waals surface area contributed by atoms with Gasteiger partial charge in [-0.2, -0.15) is 20.3 Å². The van der Waals surface area contributed by atoms with E-state index in [9.17, 15) is 0 Å². The van der Waals surface area contributed by atoms with Crippen LogP contribution in [0.3, 0.4) is 0 Å². The number of aromatic amines is 1. The lowest BCUT2D eigenvalue weighted by atomic mass is 9.91. The lowest BCUT2D eigenvalue weighted by Crippen LogP contribution is -2.43. The highest BCUT2D eigenvalue weighted by atomic mass is 35.5. The van der Waals surface area contributed by atoms with E-state index in [1.165, 1.54) is 0 Å². The first-order chi connectivity index (χ1) is 12.6. The minimum atomic E-state index is 0.0906. The molecule has 2 unspecified atom stereocenters. The number of benzene rings is 1. The van der Waals surface area contributed by atoms with E-state index >= 15 is 0 Å². The number of halogens is 1. The van der Waals surface area contributed by atoms with Crippen LogP contribution in [0, 0.1) is 0 Å². The molecule has 0 aliphatic heterocycles. The molecule has 3 aromatic rings. The summed E-state index contributed by atoms with van der Waals surface area (Å²) in [5.41, 5.74) is 14.3. The average molecular weight is 374 g/mol. The lowest BCUT2D eigenvalue weighted by Gasteiger charge is -2.29. The third-order valence-electron chi connectivity index (χ3n) is 4.58. The van der Waals surface area contributed by atoms with Crippen LogP contribution in [-0.2, 0) is 0 Å². The first kappa shape index (κ1) is 16.8. The van der Waals surface area contributed by atoms with Crippen LogP contribution in [0.4, 0.5) is 23.1 Å². The number of aromatic nitrogens is 5. The Morgan fingerprint density at radius 1 is 1.15 bits per heavy atom. The van der Waals surface area contributed by atoms with Crippen molar-refractivity contribution in [1.82, 2.24) is 25.4 Å². The predicted molar refractivity (Wildman–Crippen MR) is 102 cm³/mol. The molecule has 0 radical (unpaired) electrons. The van der Waals surface area contributed by atoms with Crippen LogP contribution >= 0.6 is 11.6 Å². The Balaban J connectivity index is 1.64. The zero-order valence-corrected chi connectivity index (χ0v) is 14.8. The lowest BCUT2D eigenvalue weighted by molar-refractivity contribution is 0.402. The fourth-order valence-electron chi connectivity index (χ4n) is 3.16. The molecule has 1 aliphatic rings. The van der Waals surface area contributed by atoms with Gasteiger partial charge in [-0.3, -0.25) is 0 Å². The monoisotopic (exact) mass is 373 g/mol. The number of nitrogens with one attached hydrogen (secondary N) is 3. The molecule has 0 amide bonds. The second-order valence-electron chi connectivity index (χ2n) is 6.45. The van der Waals surface area contributed by atoms with E-state index in [1.807, 2.05) is 6.07 Å². The Morgan fingerprint density at radius 3 is 2.81 bits per heavy atom. The zero-order chi connectivity index (χ0) is 18.1. The molecule has 0 spiro atoms. The van der Waals surface area contributed by atoms with Gasteiger partial charge in [-0.25, -0.2) is 0 Å². The van der Waals surface area contributed by atoms with E-state index in [2.05, 4.69) is 36.0 Å². The summed E-state index contributed by atoms with van der Waals surface area (Å²) < 4.78 is 0. The van der Waals surface area contributed by atoms with E-state index in [4.69, 9.17) is 23.1 Å². The van der Waals surface area contributed by atoms with Gasteiger partial charge in [0.25, 0.3) is 0 Å². The summed E-state index contributed by atoms with van der Waals surface area (Å²) in [4.78, 5) is 8.99. The molecule has 2 heterocycles. The maximum Gasteiger partial charge on any atom is 0.227 e. The number of rotatable bonds is 4. The number of nitrogen functional groups attached to an aromatic ring is 1. The fraction of sp³-hybridized carbons (Fsp3) is 0.375. The molecule has 4 rings (SSSR count). The van der Waals surface area contributed by atoms with Gasteiger partial charge < -0.3 is 22.1 Å². The molecule has 2 atom stereocenters. The van der Waals surface area contributed by atoms with Crippen LogP contribution < -0.4 is 22.1 Å². The molecule has 136 valence electrons. The number of hydrogen-bond donors (Lipinski definition) is 5. The van der Waals surface area contributed by atoms with Crippen LogP contribution in [0.5, 0.6) is 0 Å². The molecule has 1 fully saturated rings. The van der Waals surface area contributed by atoms with Crippen LogP contribution in [0.2, 0.25) is 5.02 Å². The average Bonchev–Trinajstić information content (AvgIpc) is 3.09. The number of nitrogens with two attached hydrogens (primary N) is 2. The van der Waals surface area contributed by atoms with Gasteiger partial charge in [0.2, 0.25) is 11.6 Å². The van der Waals surface area contributed by atoms with E-state index in [0.717, 1.165) is 31.4 Å². The summed E-state index contributed by atoms with van der Waals surface area (Å²) in [6.07, 6.45) is 4.30. The van der Waals surface area contributed by atoms with Crippen molar-refractivity contribution < 1.29 is 0 Å². The van der Waals surface area contributed by atoms with Crippen molar-refractivity contribution >= 4 is 45.9 Å². The second kappa shape index (κ2) is 6.93. The van der Waals surface area contributed by atoms with E-state index < -0.39 is 0 Å². The van der Waals surface area contributed by atoms with Crippen molar-refractivity contribution in [2.24, 2.45) is 5.73 Å². The summed E-state index contributed by atoms with van der Waals surface area (Å²) in [6, 6.07) is 5.51. The van der Waals surface area contributed by atoms with Crippen LogP contribution in [0.1, 0.15) is 25.7 Å². The van der Waals surface area contributed by atoms with E-state index in [-0.39, 0.29) is 12.1 Å². The number of H-pyrrole nitrogens is 1. The summed E-state index contributed by atoms with van der Waals surface area (Å²) in [5.74, 6) is 0.996. The molecular formula is C16H20ClN9.